The van der Waals surface area contributed by atoms with E-state index >= 15 is 0 Å². The first-order valence-corrected chi connectivity index (χ1v) is 10.0. The number of alkyl halides is 3. The van der Waals surface area contributed by atoms with Crippen molar-refractivity contribution < 1.29 is 13.2 Å². The van der Waals surface area contributed by atoms with Gasteiger partial charge in [-0.25, -0.2) is 0 Å². The van der Waals surface area contributed by atoms with Crippen LogP contribution >= 0.6 is 35.7 Å². The monoisotopic (exact) mass is 517 g/mol. The summed E-state index contributed by atoms with van der Waals surface area (Å²) in [6.07, 6.45) is 3.22. The van der Waals surface area contributed by atoms with Crippen LogP contribution in [-0.4, -0.2) is 51.3 Å². The third-order valence-corrected chi connectivity index (χ3v) is 6.67. The minimum atomic E-state index is -4.45. The molecule has 1 saturated heterocycles. The molecule has 0 atom stereocenters. The second-order valence-corrected chi connectivity index (χ2v) is 8.65. The lowest BCUT2D eigenvalue weighted by Crippen LogP contribution is -2.53. The Morgan fingerprint density at radius 1 is 1.33 bits per heavy atom. The fourth-order valence-electron chi connectivity index (χ4n) is 3.94. The summed E-state index contributed by atoms with van der Waals surface area (Å²) in [5, 5.41) is 6.68. The van der Waals surface area contributed by atoms with Crippen molar-refractivity contribution >= 4 is 41.7 Å². The van der Waals surface area contributed by atoms with Crippen molar-refractivity contribution in [2.24, 2.45) is 12.0 Å². The van der Waals surface area contributed by atoms with Gasteiger partial charge in [-0.15, -0.1) is 24.0 Å². The SMILES string of the molecule is CN=C(NCc1cn(C)nc1C(F)(F)F)N1CCSC2(CCCCC2)C1.I. The first kappa shape index (κ1) is 22.6. The number of halogens is 4. The lowest BCUT2D eigenvalue weighted by atomic mass is 9.87. The van der Waals surface area contributed by atoms with Crippen molar-refractivity contribution in [2.45, 2.75) is 49.6 Å². The zero-order valence-electron chi connectivity index (χ0n) is 15.7. The quantitative estimate of drug-likeness (QED) is 0.368. The Balaban J connectivity index is 0.00000261. The zero-order valence-corrected chi connectivity index (χ0v) is 18.8. The maximum atomic E-state index is 13.1. The van der Waals surface area contributed by atoms with Gasteiger partial charge in [0.25, 0.3) is 0 Å². The Bertz CT molecular complexity index is 650. The molecule has 2 fully saturated rings. The molecule has 2 heterocycles. The van der Waals surface area contributed by atoms with Crippen LogP contribution in [0, 0.1) is 0 Å². The van der Waals surface area contributed by atoms with Crippen molar-refractivity contribution in [1.29, 1.82) is 0 Å². The number of nitrogens with zero attached hydrogens (tertiary/aromatic N) is 4. The van der Waals surface area contributed by atoms with E-state index < -0.39 is 11.9 Å². The van der Waals surface area contributed by atoms with Crippen LogP contribution in [0.4, 0.5) is 13.2 Å². The van der Waals surface area contributed by atoms with E-state index in [2.05, 4.69) is 32.1 Å². The predicted molar refractivity (Wildman–Crippen MR) is 114 cm³/mol. The average Bonchev–Trinajstić information content (AvgIpc) is 2.97. The molecule has 1 spiro atoms. The van der Waals surface area contributed by atoms with E-state index in [0.717, 1.165) is 18.8 Å². The van der Waals surface area contributed by atoms with Crippen LogP contribution in [0.1, 0.15) is 43.4 Å². The number of aromatic nitrogens is 2. The number of aryl methyl sites for hydroxylation is 1. The first-order valence-electron chi connectivity index (χ1n) is 9.02. The van der Waals surface area contributed by atoms with E-state index in [1.54, 1.807) is 7.05 Å². The van der Waals surface area contributed by atoms with Gasteiger partial charge in [-0.05, 0) is 12.8 Å². The Labute approximate surface area is 179 Å². The average molecular weight is 517 g/mol. The highest BCUT2D eigenvalue weighted by Crippen LogP contribution is 2.42. The largest absolute Gasteiger partial charge is 0.435 e. The van der Waals surface area contributed by atoms with E-state index in [1.807, 2.05) is 0 Å². The minimum absolute atomic E-state index is 0. The van der Waals surface area contributed by atoms with Crippen LogP contribution in [0.3, 0.4) is 0 Å². The third kappa shape index (κ3) is 5.45. The molecule has 1 N–H and O–H groups in total. The molecule has 1 aromatic rings. The van der Waals surface area contributed by atoms with Gasteiger partial charge in [-0.2, -0.15) is 30.0 Å². The fraction of sp³-hybridized carbons (Fsp3) is 0.765. The summed E-state index contributed by atoms with van der Waals surface area (Å²) in [5.41, 5.74) is -0.694. The molecule has 27 heavy (non-hydrogen) atoms. The summed E-state index contributed by atoms with van der Waals surface area (Å²) in [7, 11) is 3.19. The van der Waals surface area contributed by atoms with Gasteiger partial charge in [0.15, 0.2) is 11.7 Å². The highest BCUT2D eigenvalue weighted by molar-refractivity contribution is 14.0. The van der Waals surface area contributed by atoms with Gasteiger partial charge < -0.3 is 10.2 Å². The molecule has 3 rings (SSSR count). The summed E-state index contributed by atoms with van der Waals surface area (Å²) >= 11 is 2.06. The standard InChI is InChI=1S/C17H26F3N5S.HI/c1-21-15(22-10-13-11-24(2)23-14(13)17(18,19)20)25-8-9-26-16(12-25)6-4-3-5-7-16;/h11H,3-10,12H2,1-2H3,(H,21,22);1H. The number of aliphatic imine (C=N–C) groups is 1. The topological polar surface area (TPSA) is 45.5 Å². The molecule has 0 aromatic carbocycles. The van der Waals surface area contributed by atoms with Gasteiger partial charge >= 0.3 is 6.18 Å². The molecule has 5 nitrogen and oxygen atoms in total. The first-order chi connectivity index (χ1) is 12.3. The van der Waals surface area contributed by atoms with Gasteiger partial charge in [0.1, 0.15) is 0 Å². The number of thioether (sulfide) groups is 1. The molecule has 1 saturated carbocycles. The lowest BCUT2D eigenvalue weighted by Gasteiger charge is -2.45. The summed E-state index contributed by atoms with van der Waals surface area (Å²) in [6, 6.07) is 0. The number of hydrogen-bond donors (Lipinski definition) is 1. The molecule has 10 heteroatoms. The van der Waals surface area contributed by atoms with Crippen LogP contribution < -0.4 is 5.32 Å². The van der Waals surface area contributed by atoms with Crippen LogP contribution in [0.5, 0.6) is 0 Å². The summed E-state index contributed by atoms with van der Waals surface area (Å²) in [5.74, 6) is 1.70. The van der Waals surface area contributed by atoms with Gasteiger partial charge in [0.05, 0.1) is 0 Å². The highest BCUT2D eigenvalue weighted by atomic mass is 127. The van der Waals surface area contributed by atoms with Crippen LogP contribution in [0.25, 0.3) is 0 Å². The van der Waals surface area contributed by atoms with Crippen molar-refractivity contribution in [3.8, 4) is 0 Å². The van der Waals surface area contributed by atoms with E-state index in [-0.39, 0.29) is 40.8 Å². The van der Waals surface area contributed by atoms with Crippen molar-refractivity contribution in [1.82, 2.24) is 20.0 Å². The molecular formula is C17H27F3IN5S. The van der Waals surface area contributed by atoms with Crippen molar-refractivity contribution in [2.75, 3.05) is 25.9 Å². The predicted octanol–water partition coefficient (Wildman–Crippen LogP) is 3.88. The number of nitrogens with one attached hydrogen (secondary N) is 1. The Morgan fingerprint density at radius 3 is 2.67 bits per heavy atom. The van der Waals surface area contributed by atoms with Crippen molar-refractivity contribution in [3.05, 3.63) is 17.5 Å². The second-order valence-electron chi connectivity index (χ2n) is 7.09. The second kappa shape index (κ2) is 9.23. The molecule has 1 aliphatic carbocycles. The van der Waals surface area contributed by atoms with Crippen LogP contribution in [0.2, 0.25) is 0 Å². The van der Waals surface area contributed by atoms with E-state index in [0.29, 0.717) is 5.96 Å². The Hall–Kier alpha value is -0.650. The molecule has 0 unspecified atom stereocenters. The summed E-state index contributed by atoms with van der Waals surface area (Å²) < 4.78 is 40.8. The zero-order chi connectivity index (χ0) is 18.8. The molecule has 0 amide bonds. The molecular weight excluding hydrogens is 490 g/mol. The minimum Gasteiger partial charge on any atom is -0.352 e. The molecule has 154 valence electrons. The van der Waals surface area contributed by atoms with E-state index in [9.17, 15) is 13.2 Å². The fourth-order valence-corrected chi connectivity index (χ4v) is 5.51. The van der Waals surface area contributed by atoms with E-state index in [1.165, 1.54) is 50.0 Å². The molecule has 1 aliphatic heterocycles. The van der Waals surface area contributed by atoms with Crippen molar-refractivity contribution in [3.63, 3.8) is 0 Å². The highest BCUT2D eigenvalue weighted by Gasteiger charge is 2.39. The Kier molecular flexibility index (Phi) is 7.74. The number of guanidine groups is 1. The molecule has 0 bridgehead atoms. The van der Waals surface area contributed by atoms with Gasteiger partial charge in [0, 0.05) is 56.0 Å². The number of hydrogen-bond acceptors (Lipinski definition) is 3. The van der Waals surface area contributed by atoms with Crippen LogP contribution in [-0.2, 0) is 19.8 Å². The van der Waals surface area contributed by atoms with Gasteiger partial charge in [-0.1, -0.05) is 19.3 Å². The lowest BCUT2D eigenvalue weighted by molar-refractivity contribution is -0.142. The van der Waals surface area contributed by atoms with Crippen LogP contribution in [0.15, 0.2) is 11.2 Å². The Morgan fingerprint density at radius 2 is 2.04 bits per heavy atom. The van der Waals surface area contributed by atoms with E-state index in [4.69, 9.17) is 0 Å². The molecule has 2 aliphatic rings. The normalized spacial score (nSPS) is 20.5. The van der Waals surface area contributed by atoms with Gasteiger partial charge in [0.2, 0.25) is 0 Å². The third-order valence-electron chi connectivity index (χ3n) is 5.13. The maximum Gasteiger partial charge on any atom is 0.435 e. The summed E-state index contributed by atoms with van der Waals surface area (Å²) in [4.78, 5) is 6.52. The summed E-state index contributed by atoms with van der Waals surface area (Å²) in [6.45, 7) is 1.84. The molecule has 1 aromatic heterocycles. The smallest absolute Gasteiger partial charge is 0.352 e. The number of rotatable bonds is 2. The van der Waals surface area contributed by atoms with Gasteiger partial charge in [-0.3, -0.25) is 9.67 Å². The molecule has 0 radical (unpaired) electrons. The maximum absolute atomic E-state index is 13.1.